The Hall–Kier alpha value is -0.770. The van der Waals surface area contributed by atoms with Crippen molar-refractivity contribution in [3.8, 4) is 0 Å². The molecule has 0 aromatic carbocycles. The normalized spacial score (nSPS) is 19.8. The molecule has 0 aromatic heterocycles. The molecule has 1 aliphatic carbocycles. The molecular formula is C8H16N2O2. The summed E-state index contributed by atoms with van der Waals surface area (Å²) < 4.78 is 0. The summed E-state index contributed by atoms with van der Waals surface area (Å²) in [5, 5.41) is 10.7. The summed E-state index contributed by atoms with van der Waals surface area (Å²) in [6, 6.07) is 0. The van der Waals surface area contributed by atoms with Crippen molar-refractivity contribution in [3.63, 3.8) is 0 Å². The highest BCUT2D eigenvalue weighted by Gasteiger charge is 2.34. The van der Waals surface area contributed by atoms with Crippen LogP contribution in [0, 0.1) is 5.41 Å². The summed E-state index contributed by atoms with van der Waals surface area (Å²) >= 11 is 0. The molecule has 1 rings (SSSR count). The maximum Gasteiger partial charge on any atom is 0.404 e. The van der Waals surface area contributed by atoms with Gasteiger partial charge in [0.1, 0.15) is 0 Å². The number of hydrogen-bond acceptors (Lipinski definition) is 2. The van der Waals surface area contributed by atoms with E-state index in [-0.39, 0.29) is 5.41 Å². The molecule has 70 valence electrons. The van der Waals surface area contributed by atoms with Gasteiger partial charge in [-0.05, 0) is 31.2 Å². The number of nitrogens with two attached hydrogens (primary N) is 1. The minimum atomic E-state index is -0.943. The molecule has 1 fully saturated rings. The Balaban J connectivity index is 2.16. The zero-order chi connectivity index (χ0) is 9.03. The molecule has 1 amide bonds. The number of nitrogens with one attached hydrogen (secondary N) is 1. The predicted molar refractivity (Wildman–Crippen MR) is 46.0 cm³/mol. The van der Waals surface area contributed by atoms with Crippen LogP contribution in [0.15, 0.2) is 0 Å². The predicted octanol–water partition coefficient (Wildman–Crippen LogP) is 0.773. The summed E-state index contributed by atoms with van der Waals surface area (Å²) in [6.07, 6.45) is 3.50. The average molecular weight is 172 g/mol. The van der Waals surface area contributed by atoms with Gasteiger partial charge in [-0.3, -0.25) is 0 Å². The Kier molecular flexibility index (Phi) is 2.92. The highest BCUT2D eigenvalue weighted by atomic mass is 16.4. The van der Waals surface area contributed by atoms with Crippen LogP contribution in [0.5, 0.6) is 0 Å². The van der Waals surface area contributed by atoms with Crippen molar-refractivity contribution in [2.75, 3.05) is 13.1 Å². The van der Waals surface area contributed by atoms with Crippen molar-refractivity contribution >= 4 is 6.09 Å². The molecule has 0 bridgehead atoms. The first-order valence-corrected chi connectivity index (χ1v) is 4.35. The van der Waals surface area contributed by atoms with E-state index in [2.05, 4.69) is 5.32 Å². The van der Waals surface area contributed by atoms with Crippen molar-refractivity contribution in [2.45, 2.75) is 25.7 Å². The van der Waals surface area contributed by atoms with Crippen molar-refractivity contribution in [3.05, 3.63) is 0 Å². The third-order valence-electron chi connectivity index (χ3n) is 2.78. The maximum atomic E-state index is 10.1. The zero-order valence-corrected chi connectivity index (χ0v) is 7.18. The quantitative estimate of drug-likeness (QED) is 0.586. The first-order valence-electron chi connectivity index (χ1n) is 4.35. The molecule has 0 heterocycles. The second-order valence-electron chi connectivity index (χ2n) is 3.54. The molecule has 12 heavy (non-hydrogen) atoms. The van der Waals surface area contributed by atoms with E-state index in [9.17, 15) is 4.79 Å². The molecular weight excluding hydrogens is 156 g/mol. The van der Waals surface area contributed by atoms with E-state index in [1.165, 1.54) is 6.42 Å². The second kappa shape index (κ2) is 3.76. The van der Waals surface area contributed by atoms with E-state index in [1.807, 2.05) is 0 Å². The Morgan fingerprint density at radius 2 is 2.25 bits per heavy atom. The third-order valence-corrected chi connectivity index (χ3v) is 2.78. The van der Waals surface area contributed by atoms with Gasteiger partial charge in [0, 0.05) is 6.54 Å². The van der Waals surface area contributed by atoms with Gasteiger partial charge in [0.15, 0.2) is 0 Å². The standard InChI is InChI=1S/C8H16N2O2/c9-6-8(2-1-3-8)4-5-10-7(11)12/h10H,1-6,9H2,(H,11,12). The fourth-order valence-corrected chi connectivity index (χ4v) is 1.67. The molecule has 4 nitrogen and oxygen atoms in total. The highest BCUT2D eigenvalue weighted by molar-refractivity contribution is 5.64. The average Bonchev–Trinajstić information content (AvgIpc) is 1.94. The van der Waals surface area contributed by atoms with E-state index in [1.54, 1.807) is 0 Å². The third kappa shape index (κ3) is 2.11. The summed E-state index contributed by atoms with van der Waals surface area (Å²) in [6.45, 7) is 1.22. The van der Waals surface area contributed by atoms with Crippen LogP contribution in [-0.2, 0) is 0 Å². The minimum Gasteiger partial charge on any atom is -0.465 e. The van der Waals surface area contributed by atoms with Crippen LogP contribution in [0.3, 0.4) is 0 Å². The maximum absolute atomic E-state index is 10.1. The zero-order valence-electron chi connectivity index (χ0n) is 7.18. The lowest BCUT2D eigenvalue weighted by molar-refractivity contribution is 0.128. The molecule has 0 saturated heterocycles. The number of hydrogen-bond donors (Lipinski definition) is 3. The van der Waals surface area contributed by atoms with E-state index in [0.29, 0.717) is 13.1 Å². The van der Waals surface area contributed by atoms with E-state index in [4.69, 9.17) is 10.8 Å². The first kappa shape index (κ1) is 9.32. The van der Waals surface area contributed by atoms with Crippen LogP contribution in [0.2, 0.25) is 0 Å². The number of carboxylic acid groups (broad SMARTS) is 1. The van der Waals surface area contributed by atoms with Crippen LogP contribution >= 0.6 is 0 Å². The molecule has 1 aliphatic rings. The lowest BCUT2D eigenvalue weighted by atomic mass is 9.67. The van der Waals surface area contributed by atoms with Gasteiger partial charge >= 0.3 is 6.09 Å². The molecule has 0 radical (unpaired) electrons. The molecule has 0 spiro atoms. The Bertz CT molecular complexity index is 161. The van der Waals surface area contributed by atoms with Crippen LogP contribution in [0.1, 0.15) is 25.7 Å². The Morgan fingerprint density at radius 3 is 2.58 bits per heavy atom. The molecule has 4 N–H and O–H groups in total. The molecule has 1 saturated carbocycles. The minimum absolute atomic E-state index is 0.252. The van der Waals surface area contributed by atoms with Gasteiger partial charge in [0.25, 0.3) is 0 Å². The van der Waals surface area contributed by atoms with Crippen molar-refractivity contribution in [1.29, 1.82) is 0 Å². The highest BCUT2D eigenvalue weighted by Crippen LogP contribution is 2.42. The van der Waals surface area contributed by atoms with E-state index < -0.39 is 6.09 Å². The fraction of sp³-hybridized carbons (Fsp3) is 0.875. The van der Waals surface area contributed by atoms with Gasteiger partial charge < -0.3 is 16.2 Å². The van der Waals surface area contributed by atoms with Crippen molar-refractivity contribution < 1.29 is 9.90 Å². The van der Waals surface area contributed by atoms with Gasteiger partial charge in [0.2, 0.25) is 0 Å². The van der Waals surface area contributed by atoms with Crippen LogP contribution < -0.4 is 11.1 Å². The number of rotatable bonds is 4. The summed E-state index contributed by atoms with van der Waals surface area (Å²) in [5.74, 6) is 0. The van der Waals surface area contributed by atoms with E-state index >= 15 is 0 Å². The molecule has 0 atom stereocenters. The Labute approximate surface area is 72.1 Å². The van der Waals surface area contributed by atoms with Gasteiger partial charge in [-0.25, -0.2) is 4.79 Å². The number of carbonyl (C=O) groups is 1. The number of amides is 1. The molecule has 0 aromatic rings. The monoisotopic (exact) mass is 172 g/mol. The van der Waals surface area contributed by atoms with Gasteiger partial charge in [-0.15, -0.1) is 0 Å². The largest absolute Gasteiger partial charge is 0.465 e. The van der Waals surface area contributed by atoms with Crippen molar-refractivity contribution in [2.24, 2.45) is 11.1 Å². The Morgan fingerprint density at radius 1 is 1.58 bits per heavy atom. The second-order valence-corrected chi connectivity index (χ2v) is 3.54. The summed E-state index contributed by atoms with van der Waals surface area (Å²) in [5.41, 5.74) is 5.86. The van der Waals surface area contributed by atoms with Gasteiger partial charge in [0.05, 0.1) is 0 Å². The SMILES string of the molecule is NCC1(CCNC(=O)O)CCC1. The molecule has 0 unspecified atom stereocenters. The lowest BCUT2D eigenvalue weighted by Gasteiger charge is -2.41. The summed E-state index contributed by atoms with van der Waals surface area (Å²) in [4.78, 5) is 10.1. The lowest BCUT2D eigenvalue weighted by Crippen LogP contribution is -2.40. The molecule has 4 heteroatoms. The first-order chi connectivity index (χ1) is 5.68. The fourth-order valence-electron chi connectivity index (χ4n) is 1.67. The topological polar surface area (TPSA) is 75.3 Å². The van der Waals surface area contributed by atoms with Crippen LogP contribution in [-0.4, -0.2) is 24.3 Å². The van der Waals surface area contributed by atoms with Crippen LogP contribution in [0.25, 0.3) is 0 Å². The molecule has 0 aliphatic heterocycles. The van der Waals surface area contributed by atoms with E-state index in [0.717, 1.165) is 19.3 Å². The summed E-state index contributed by atoms with van der Waals surface area (Å²) in [7, 11) is 0. The smallest absolute Gasteiger partial charge is 0.404 e. The van der Waals surface area contributed by atoms with Crippen LogP contribution in [0.4, 0.5) is 4.79 Å². The van der Waals surface area contributed by atoms with Crippen molar-refractivity contribution in [1.82, 2.24) is 5.32 Å². The van der Waals surface area contributed by atoms with Gasteiger partial charge in [-0.2, -0.15) is 0 Å². The van der Waals surface area contributed by atoms with Gasteiger partial charge in [-0.1, -0.05) is 6.42 Å².